The van der Waals surface area contributed by atoms with Gasteiger partial charge < -0.3 is 4.74 Å². The average molecular weight is 366 g/mol. The summed E-state index contributed by atoms with van der Waals surface area (Å²) >= 11 is 1.53. The van der Waals surface area contributed by atoms with Crippen molar-refractivity contribution in [2.24, 2.45) is 0 Å². The minimum Gasteiger partial charge on any atom is -0.465 e. The first-order valence-electron chi connectivity index (χ1n) is 8.48. The molecule has 26 heavy (non-hydrogen) atoms. The SMILES string of the molecule is COC(=O)c1cccc(CSc2nc3ccccc3c(=O)n2C2CC2)c1. The summed E-state index contributed by atoms with van der Waals surface area (Å²) in [5.41, 5.74) is 2.27. The van der Waals surface area contributed by atoms with Crippen LogP contribution < -0.4 is 5.56 Å². The Labute approximate surface area is 155 Å². The fourth-order valence-electron chi connectivity index (χ4n) is 2.94. The van der Waals surface area contributed by atoms with Crippen LogP contribution in [0.25, 0.3) is 10.9 Å². The predicted octanol–water partition coefficient (Wildman–Crippen LogP) is 3.81. The van der Waals surface area contributed by atoms with E-state index in [1.807, 2.05) is 47.0 Å². The molecule has 0 saturated heterocycles. The van der Waals surface area contributed by atoms with E-state index in [1.54, 1.807) is 6.07 Å². The molecule has 1 heterocycles. The minimum absolute atomic E-state index is 0.0314. The van der Waals surface area contributed by atoms with Crippen molar-refractivity contribution in [3.63, 3.8) is 0 Å². The van der Waals surface area contributed by atoms with Crippen molar-refractivity contribution in [1.29, 1.82) is 0 Å². The number of benzene rings is 2. The van der Waals surface area contributed by atoms with Gasteiger partial charge in [0.05, 0.1) is 23.6 Å². The van der Waals surface area contributed by atoms with Gasteiger partial charge in [0, 0.05) is 11.8 Å². The van der Waals surface area contributed by atoms with Crippen LogP contribution in [-0.2, 0) is 10.5 Å². The lowest BCUT2D eigenvalue weighted by molar-refractivity contribution is 0.0600. The summed E-state index contributed by atoms with van der Waals surface area (Å²) in [7, 11) is 1.37. The molecule has 0 amide bonds. The number of hydrogen-bond donors (Lipinski definition) is 0. The van der Waals surface area contributed by atoms with Crippen molar-refractivity contribution in [2.75, 3.05) is 7.11 Å². The van der Waals surface area contributed by atoms with E-state index in [2.05, 4.69) is 0 Å². The van der Waals surface area contributed by atoms with Gasteiger partial charge in [0.2, 0.25) is 0 Å². The second-order valence-corrected chi connectivity index (χ2v) is 7.24. The lowest BCUT2D eigenvalue weighted by atomic mass is 10.1. The third-order valence-electron chi connectivity index (χ3n) is 4.40. The largest absolute Gasteiger partial charge is 0.465 e. The zero-order valence-electron chi connectivity index (χ0n) is 14.3. The molecule has 1 fully saturated rings. The number of carbonyl (C=O) groups excluding carboxylic acids is 1. The van der Waals surface area contributed by atoms with Crippen LogP contribution in [-0.4, -0.2) is 22.6 Å². The fourth-order valence-corrected chi connectivity index (χ4v) is 3.95. The van der Waals surface area contributed by atoms with E-state index in [0.717, 1.165) is 29.1 Å². The number of esters is 1. The first-order valence-corrected chi connectivity index (χ1v) is 9.47. The van der Waals surface area contributed by atoms with Gasteiger partial charge in [-0.15, -0.1) is 0 Å². The van der Waals surface area contributed by atoms with Crippen LogP contribution in [0, 0.1) is 0 Å². The summed E-state index contributed by atoms with van der Waals surface area (Å²) < 4.78 is 6.60. The van der Waals surface area contributed by atoms with Crippen LogP contribution in [0.2, 0.25) is 0 Å². The Morgan fingerprint density at radius 3 is 2.81 bits per heavy atom. The number of thioether (sulfide) groups is 1. The van der Waals surface area contributed by atoms with Crippen LogP contribution >= 0.6 is 11.8 Å². The highest BCUT2D eigenvalue weighted by atomic mass is 32.2. The normalized spacial score (nSPS) is 13.7. The molecule has 0 radical (unpaired) electrons. The molecule has 2 aromatic carbocycles. The smallest absolute Gasteiger partial charge is 0.337 e. The van der Waals surface area contributed by atoms with Gasteiger partial charge in [-0.3, -0.25) is 9.36 Å². The quantitative estimate of drug-likeness (QED) is 0.390. The van der Waals surface area contributed by atoms with Crippen molar-refractivity contribution in [2.45, 2.75) is 29.8 Å². The Kier molecular flexibility index (Phi) is 4.51. The molecule has 1 aliphatic carbocycles. The molecule has 0 N–H and O–H groups in total. The van der Waals surface area contributed by atoms with E-state index in [1.165, 1.54) is 18.9 Å². The molecule has 1 aliphatic rings. The fraction of sp³-hybridized carbons (Fsp3) is 0.250. The van der Waals surface area contributed by atoms with Gasteiger partial charge in [-0.05, 0) is 42.7 Å². The zero-order chi connectivity index (χ0) is 18.1. The standard InChI is InChI=1S/C20H18N2O3S/c1-25-19(24)14-6-4-5-13(11-14)12-26-20-21-17-8-3-2-7-16(17)18(23)22(20)15-9-10-15/h2-8,11,15H,9-10,12H2,1H3. The molecule has 0 atom stereocenters. The van der Waals surface area contributed by atoms with Crippen LogP contribution in [0.3, 0.4) is 0 Å². The second-order valence-electron chi connectivity index (χ2n) is 6.30. The lowest BCUT2D eigenvalue weighted by Crippen LogP contribution is -2.22. The Morgan fingerprint density at radius 2 is 2.04 bits per heavy atom. The minimum atomic E-state index is -0.351. The van der Waals surface area contributed by atoms with Crippen molar-refractivity contribution >= 4 is 28.6 Å². The Morgan fingerprint density at radius 1 is 1.23 bits per heavy atom. The first-order chi connectivity index (χ1) is 12.7. The van der Waals surface area contributed by atoms with E-state index in [4.69, 9.17) is 9.72 Å². The molecule has 0 aliphatic heterocycles. The number of hydrogen-bond acceptors (Lipinski definition) is 5. The zero-order valence-corrected chi connectivity index (χ0v) is 15.2. The molecule has 3 aromatic rings. The highest BCUT2D eigenvalue weighted by molar-refractivity contribution is 7.98. The van der Waals surface area contributed by atoms with Crippen LogP contribution in [0.15, 0.2) is 58.5 Å². The number of carbonyl (C=O) groups is 1. The summed E-state index contributed by atoms with van der Waals surface area (Å²) in [5.74, 6) is 0.276. The van der Waals surface area contributed by atoms with Gasteiger partial charge >= 0.3 is 5.97 Å². The van der Waals surface area contributed by atoms with Crippen LogP contribution in [0.5, 0.6) is 0 Å². The Balaban J connectivity index is 1.66. The number of rotatable bonds is 5. The maximum absolute atomic E-state index is 12.9. The van der Waals surface area contributed by atoms with Crippen molar-refractivity contribution in [3.05, 3.63) is 70.0 Å². The molecule has 0 bridgehead atoms. The number of nitrogens with zero attached hydrogens (tertiary/aromatic N) is 2. The predicted molar refractivity (Wildman–Crippen MR) is 102 cm³/mol. The van der Waals surface area contributed by atoms with Gasteiger partial charge in [-0.25, -0.2) is 9.78 Å². The number of aromatic nitrogens is 2. The molecule has 6 heteroatoms. The Hall–Kier alpha value is -2.60. The molecule has 0 spiro atoms. The van der Waals surface area contributed by atoms with E-state index in [0.29, 0.717) is 16.7 Å². The van der Waals surface area contributed by atoms with E-state index in [9.17, 15) is 9.59 Å². The lowest BCUT2D eigenvalue weighted by Gasteiger charge is -2.12. The first kappa shape index (κ1) is 16.8. The van der Waals surface area contributed by atoms with Gasteiger partial charge in [-0.1, -0.05) is 36.0 Å². The van der Waals surface area contributed by atoms with Crippen LogP contribution in [0.1, 0.15) is 34.8 Å². The van der Waals surface area contributed by atoms with E-state index >= 15 is 0 Å². The molecule has 5 nitrogen and oxygen atoms in total. The average Bonchev–Trinajstić information content (AvgIpc) is 3.51. The van der Waals surface area contributed by atoms with E-state index < -0.39 is 0 Å². The maximum atomic E-state index is 12.9. The molecule has 1 saturated carbocycles. The molecular formula is C20H18N2O3S. The summed E-state index contributed by atoms with van der Waals surface area (Å²) in [6.07, 6.45) is 2.04. The maximum Gasteiger partial charge on any atom is 0.337 e. The Bertz CT molecular complexity index is 1040. The third kappa shape index (κ3) is 3.24. The van der Waals surface area contributed by atoms with Crippen molar-refractivity contribution in [1.82, 2.24) is 9.55 Å². The monoisotopic (exact) mass is 366 g/mol. The van der Waals surface area contributed by atoms with Crippen molar-refractivity contribution < 1.29 is 9.53 Å². The summed E-state index contributed by atoms with van der Waals surface area (Å²) in [4.78, 5) is 29.3. The molecular weight excluding hydrogens is 348 g/mol. The number of fused-ring (bicyclic) bond motifs is 1. The molecule has 132 valence electrons. The number of methoxy groups -OCH3 is 1. The second kappa shape index (κ2) is 6.96. The van der Waals surface area contributed by atoms with Gasteiger partial charge in [0.15, 0.2) is 5.16 Å². The van der Waals surface area contributed by atoms with Crippen LogP contribution in [0.4, 0.5) is 0 Å². The van der Waals surface area contributed by atoms with Gasteiger partial charge in [-0.2, -0.15) is 0 Å². The van der Waals surface area contributed by atoms with Gasteiger partial charge in [0.25, 0.3) is 5.56 Å². The number of para-hydroxylation sites is 1. The summed E-state index contributed by atoms with van der Waals surface area (Å²) in [5, 5.41) is 1.40. The summed E-state index contributed by atoms with van der Waals surface area (Å²) in [6, 6.07) is 15.1. The summed E-state index contributed by atoms with van der Waals surface area (Å²) in [6.45, 7) is 0. The number of ether oxygens (including phenoxy) is 1. The van der Waals surface area contributed by atoms with Crippen molar-refractivity contribution in [3.8, 4) is 0 Å². The topological polar surface area (TPSA) is 61.2 Å². The highest BCUT2D eigenvalue weighted by Crippen LogP contribution is 2.37. The van der Waals surface area contributed by atoms with Gasteiger partial charge in [0.1, 0.15) is 0 Å². The highest BCUT2D eigenvalue weighted by Gasteiger charge is 2.28. The molecule has 4 rings (SSSR count). The van der Waals surface area contributed by atoms with E-state index in [-0.39, 0.29) is 17.6 Å². The molecule has 1 aromatic heterocycles. The molecule has 0 unspecified atom stereocenters. The third-order valence-corrected chi connectivity index (χ3v) is 5.43.